The van der Waals surface area contributed by atoms with Crippen molar-refractivity contribution in [1.29, 1.82) is 0 Å². The number of nitrogens with one attached hydrogen (secondary N) is 2. The van der Waals surface area contributed by atoms with E-state index >= 15 is 0 Å². The Morgan fingerprint density at radius 3 is 2.55 bits per heavy atom. The quantitative estimate of drug-likeness (QED) is 0.763. The fraction of sp³-hybridized carbons (Fsp3) is 0.533. The van der Waals surface area contributed by atoms with E-state index in [4.69, 9.17) is 4.74 Å². The number of hydrogen-bond donors (Lipinski definition) is 2. The van der Waals surface area contributed by atoms with Gasteiger partial charge in [0.2, 0.25) is 10.0 Å². The SMILES string of the molecule is CCCNC(=O)c1cc(S(=O)(=O)N[C@H](C)CC)ccc1OC. The van der Waals surface area contributed by atoms with E-state index in [2.05, 4.69) is 10.0 Å². The fourth-order valence-electron chi connectivity index (χ4n) is 1.78. The highest BCUT2D eigenvalue weighted by Gasteiger charge is 2.20. The van der Waals surface area contributed by atoms with Crippen LogP contribution in [-0.4, -0.2) is 34.0 Å². The van der Waals surface area contributed by atoms with Crippen molar-refractivity contribution in [3.05, 3.63) is 23.8 Å². The normalized spacial score (nSPS) is 12.7. The van der Waals surface area contributed by atoms with E-state index in [1.807, 2.05) is 13.8 Å². The first-order valence-electron chi connectivity index (χ1n) is 7.34. The van der Waals surface area contributed by atoms with Crippen molar-refractivity contribution in [2.75, 3.05) is 13.7 Å². The molecular formula is C15H24N2O4S. The first-order chi connectivity index (χ1) is 10.4. The Balaban J connectivity index is 3.16. The molecule has 0 spiro atoms. The van der Waals surface area contributed by atoms with Crippen LogP contribution in [0.2, 0.25) is 0 Å². The molecule has 0 radical (unpaired) electrons. The minimum absolute atomic E-state index is 0.0512. The molecule has 1 rings (SSSR count). The van der Waals surface area contributed by atoms with Gasteiger partial charge < -0.3 is 10.1 Å². The van der Waals surface area contributed by atoms with E-state index in [0.29, 0.717) is 18.7 Å². The van der Waals surface area contributed by atoms with Gasteiger partial charge in [0, 0.05) is 12.6 Å². The van der Waals surface area contributed by atoms with Crippen LogP contribution in [0.3, 0.4) is 0 Å². The monoisotopic (exact) mass is 328 g/mol. The molecule has 124 valence electrons. The molecule has 0 saturated carbocycles. The van der Waals surface area contributed by atoms with E-state index < -0.39 is 10.0 Å². The predicted molar refractivity (Wildman–Crippen MR) is 85.7 cm³/mol. The lowest BCUT2D eigenvalue weighted by atomic mass is 10.2. The summed E-state index contributed by atoms with van der Waals surface area (Å²) < 4.78 is 32.3. The average Bonchev–Trinajstić information content (AvgIpc) is 2.51. The van der Waals surface area contributed by atoms with Crippen LogP contribution < -0.4 is 14.8 Å². The third-order valence-electron chi connectivity index (χ3n) is 3.23. The van der Waals surface area contributed by atoms with Gasteiger partial charge in [0.25, 0.3) is 5.91 Å². The van der Waals surface area contributed by atoms with Gasteiger partial charge in [0.1, 0.15) is 5.75 Å². The number of ether oxygens (including phenoxy) is 1. The Bertz CT molecular complexity index is 614. The summed E-state index contributed by atoms with van der Waals surface area (Å²) in [5, 5.41) is 2.72. The summed E-state index contributed by atoms with van der Waals surface area (Å²) in [6.07, 6.45) is 1.47. The van der Waals surface area contributed by atoms with Gasteiger partial charge in [-0.1, -0.05) is 13.8 Å². The number of sulfonamides is 1. The summed E-state index contributed by atoms with van der Waals surface area (Å²) >= 11 is 0. The molecule has 6 nitrogen and oxygen atoms in total. The van der Waals surface area contributed by atoms with E-state index in [0.717, 1.165) is 6.42 Å². The van der Waals surface area contributed by atoms with E-state index in [1.165, 1.54) is 25.3 Å². The number of carbonyl (C=O) groups is 1. The largest absolute Gasteiger partial charge is 0.496 e. The van der Waals surface area contributed by atoms with Crippen LogP contribution in [0.15, 0.2) is 23.1 Å². The second-order valence-electron chi connectivity index (χ2n) is 5.05. The zero-order chi connectivity index (χ0) is 16.8. The van der Waals surface area contributed by atoms with E-state index in [-0.39, 0.29) is 22.4 Å². The van der Waals surface area contributed by atoms with Gasteiger partial charge in [-0.25, -0.2) is 13.1 Å². The molecule has 0 fully saturated rings. The van der Waals surface area contributed by atoms with E-state index in [9.17, 15) is 13.2 Å². The Morgan fingerprint density at radius 1 is 1.32 bits per heavy atom. The van der Waals surface area contributed by atoms with Crippen LogP contribution in [0.25, 0.3) is 0 Å². The van der Waals surface area contributed by atoms with Gasteiger partial charge in [-0.05, 0) is 38.0 Å². The van der Waals surface area contributed by atoms with Gasteiger partial charge in [0.15, 0.2) is 0 Å². The summed E-state index contributed by atoms with van der Waals surface area (Å²) in [7, 11) is -2.22. The molecule has 1 aromatic rings. The topological polar surface area (TPSA) is 84.5 Å². The standard InChI is InChI=1S/C15H24N2O4S/c1-5-9-16-15(18)13-10-12(7-8-14(13)21-4)22(19,20)17-11(3)6-2/h7-8,10-11,17H,5-6,9H2,1-4H3,(H,16,18)/t11-/m1/s1. The lowest BCUT2D eigenvalue weighted by Gasteiger charge is -2.14. The predicted octanol–water partition coefficient (Wildman–Crippen LogP) is 1.91. The van der Waals surface area contributed by atoms with Gasteiger partial charge in [-0.15, -0.1) is 0 Å². The lowest BCUT2D eigenvalue weighted by molar-refractivity contribution is 0.0950. The van der Waals surface area contributed by atoms with Crippen molar-refractivity contribution in [2.24, 2.45) is 0 Å². The molecule has 0 saturated heterocycles. The van der Waals surface area contributed by atoms with Crippen LogP contribution >= 0.6 is 0 Å². The minimum atomic E-state index is -3.66. The molecule has 1 amide bonds. The molecule has 1 atom stereocenters. The zero-order valence-corrected chi connectivity index (χ0v) is 14.3. The van der Waals surface area contributed by atoms with Crippen LogP contribution in [0, 0.1) is 0 Å². The summed E-state index contributed by atoms with van der Waals surface area (Å²) in [4.78, 5) is 12.2. The number of carbonyl (C=O) groups excluding carboxylic acids is 1. The van der Waals surface area contributed by atoms with Crippen molar-refractivity contribution in [1.82, 2.24) is 10.0 Å². The summed E-state index contributed by atoms with van der Waals surface area (Å²) in [6.45, 7) is 6.14. The van der Waals surface area contributed by atoms with Crippen LogP contribution in [0.5, 0.6) is 5.75 Å². The number of benzene rings is 1. The Morgan fingerprint density at radius 2 is 2.00 bits per heavy atom. The first kappa shape index (κ1) is 18.4. The molecule has 22 heavy (non-hydrogen) atoms. The third-order valence-corrected chi connectivity index (χ3v) is 4.82. The zero-order valence-electron chi connectivity index (χ0n) is 13.5. The van der Waals surface area contributed by atoms with Gasteiger partial charge in [0.05, 0.1) is 17.6 Å². The first-order valence-corrected chi connectivity index (χ1v) is 8.82. The van der Waals surface area contributed by atoms with Gasteiger partial charge in [-0.3, -0.25) is 4.79 Å². The smallest absolute Gasteiger partial charge is 0.255 e. The van der Waals surface area contributed by atoms with Crippen molar-refractivity contribution in [3.8, 4) is 5.75 Å². The Kier molecular flexibility index (Phi) is 6.83. The molecular weight excluding hydrogens is 304 g/mol. The molecule has 0 aromatic heterocycles. The van der Waals surface area contributed by atoms with Crippen molar-refractivity contribution in [3.63, 3.8) is 0 Å². The van der Waals surface area contributed by atoms with Crippen molar-refractivity contribution in [2.45, 2.75) is 44.6 Å². The molecule has 2 N–H and O–H groups in total. The minimum Gasteiger partial charge on any atom is -0.496 e. The molecule has 0 heterocycles. The second kappa shape index (κ2) is 8.14. The molecule has 0 unspecified atom stereocenters. The number of hydrogen-bond acceptors (Lipinski definition) is 4. The van der Waals surface area contributed by atoms with Crippen LogP contribution in [0.4, 0.5) is 0 Å². The maximum atomic E-state index is 12.3. The van der Waals surface area contributed by atoms with Crippen molar-refractivity contribution >= 4 is 15.9 Å². The molecule has 1 aromatic carbocycles. The van der Waals surface area contributed by atoms with Crippen LogP contribution in [-0.2, 0) is 10.0 Å². The highest BCUT2D eigenvalue weighted by atomic mass is 32.2. The average molecular weight is 328 g/mol. The summed E-state index contributed by atoms with van der Waals surface area (Å²) in [6, 6.07) is 4.09. The third kappa shape index (κ3) is 4.71. The summed E-state index contributed by atoms with van der Waals surface area (Å²) in [5.41, 5.74) is 0.211. The van der Waals surface area contributed by atoms with Crippen molar-refractivity contribution < 1.29 is 17.9 Å². The highest BCUT2D eigenvalue weighted by molar-refractivity contribution is 7.89. The molecule has 0 aliphatic heterocycles. The second-order valence-corrected chi connectivity index (χ2v) is 6.76. The van der Waals surface area contributed by atoms with Gasteiger partial charge >= 0.3 is 0 Å². The number of rotatable bonds is 8. The molecule has 7 heteroatoms. The number of amides is 1. The maximum absolute atomic E-state index is 12.3. The summed E-state index contributed by atoms with van der Waals surface area (Å²) in [5.74, 6) is -0.00427. The van der Waals surface area contributed by atoms with Crippen LogP contribution in [0.1, 0.15) is 44.0 Å². The maximum Gasteiger partial charge on any atom is 0.255 e. The van der Waals surface area contributed by atoms with E-state index in [1.54, 1.807) is 6.92 Å². The molecule has 0 aliphatic carbocycles. The highest BCUT2D eigenvalue weighted by Crippen LogP contribution is 2.22. The Labute approximate surface area is 132 Å². The Hall–Kier alpha value is -1.60. The fourth-order valence-corrected chi connectivity index (χ4v) is 3.13. The number of methoxy groups -OCH3 is 1. The molecule has 0 bridgehead atoms. The lowest BCUT2D eigenvalue weighted by Crippen LogP contribution is -2.32. The van der Waals surface area contributed by atoms with Gasteiger partial charge in [-0.2, -0.15) is 0 Å². The molecule has 0 aliphatic rings.